The quantitative estimate of drug-likeness (QED) is 0.767. The van der Waals surface area contributed by atoms with E-state index >= 15 is 0 Å². The first-order valence-electron chi connectivity index (χ1n) is 4.76. The minimum absolute atomic E-state index is 0.331. The van der Waals surface area contributed by atoms with Gasteiger partial charge < -0.3 is 15.6 Å². The van der Waals surface area contributed by atoms with E-state index in [0.29, 0.717) is 12.3 Å². The van der Waals surface area contributed by atoms with Crippen LogP contribution in [-0.4, -0.2) is 18.8 Å². The zero-order valence-electron chi connectivity index (χ0n) is 8.71. The lowest BCUT2D eigenvalue weighted by molar-refractivity contribution is 0.401. The average molecular weight is 195 g/mol. The molecule has 0 atom stereocenters. The number of aromatic hydroxyl groups is 1. The molecule has 0 aliphatic rings. The Bertz CT molecular complexity index is 310. The number of hydrogen-bond donors (Lipinski definition) is 2. The van der Waals surface area contributed by atoms with Crippen LogP contribution in [-0.2, 0) is 6.42 Å². The summed E-state index contributed by atoms with van der Waals surface area (Å²) in [5.74, 6) is 1.05. The summed E-state index contributed by atoms with van der Waals surface area (Å²) < 4.78 is 5.10. The number of aryl methyl sites for hydroxylation is 1. The second-order valence-electron chi connectivity index (χ2n) is 3.29. The summed E-state index contributed by atoms with van der Waals surface area (Å²) in [6, 6.07) is 3.76. The maximum Gasteiger partial charge on any atom is 0.125 e. The van der Waals surface area contributed by atoms with E-state index in [0.717, 1.165) is 29.7 Å². The van der Waals surface area contributed by atoms with E-state index in [1.807, 2.05) is 19.1 Å². The first-order valence-corrected chi connectivity index (χ1v) is 4.76. The fourth-order valence-electron chi connectivity index (χ4n) is 1.45. The van der Waals surface area contributed by atoms with Crippen molar-refractivity contribution < 1.29 is 9.84 Å². The predicted octanol–water partition coefficient (Wildman–Crippen LogP) is 1.60. The molecule has 0 radical (unpaired) electrons. The summed E-state index contributed by atoms with van der Waals surface area (Å²) >= 11 is 0. The first-order chi connectivity index (χ1) is 6.70. The van der Waals surface area contributed by atoms with Gasteiger partial charge in [-0.15, -0.1) is 0 Å². The summed E-state index contributed by atoms with van der Waals surface area (Å²) in [5, 5.41) is 9.82. The molecule has 0 spiro atoms. The van der Waals surface area contributed by atoms with Crippen LogP contribution in [0.4, 0.5) is 0 Å². The standard InChI is InChI=1S/C11H17NO2/c1-8-10(14-2)6-5-9(11(8)13)4-3-7-12/h5-6,13H,3-4,7,12H2,1-2H3. The molecule has 0 fully saturated rings. The van der Waals surface area contributed by atoms with Crippen LogP contribution in [0.2, 0.25) is 0 Å². The van der Waals surface area contributed by atoms with Gasteiger partial charge in [-0.1, -0.05) is 6.07 Å². The molecular weight excluding hydrogens is 178 g/mol. The van der Waals surface area contributed by atoms with Gasteiger partial charge in [-0.3, -0.25) is 0 Å². The van der Waals surface area contributed by atoms with Gasteiger partial charge in [0, 0.05) is 5.56 Å². The monoisotopic (exact) mass is 195 g/mol. The van der Waals surface area contributed by atoms with Crippen molar-refractivity contribution in [2.24, 2.45) is 5.73 Å². The molecule has 0 heterocycles. The molecule has 78 valence electrons. The van der Waals surface area contributed by atoms with Gasteiger partial charge in [0.25, 0.3) is 0 Å². The molecule has 0 amide bonds. The minimum atomic E-state index is 0.331. The second kappa shape index (κ2) is 4.86. The molecule has 0 saturated carbocycles. The lowest BCUT2D eigenvalue weighted by Gasteiger charge is -2.10. The maximum atomic E-state index is 9.82. The van der Waals surface area contributed by atoms with Gasteiger partial charge in [-0.2, -0.15) is 0 Å². The summed E-state index contributed by atoms with van der Waals surface area (Å²) in [6.07, 6.45) is 1.70. The van der Waals surface area contributed by atoms with Crippen molar-refractivity contribution in [1.29, 1.82) is 0 Å². The van der Waals surface area contributed by atoms with Crippen molar-refractivity contribution in [1.82, 2.24) is 0 Å². The van der Waals surface area contributed by atoms with E-state index in [2.05, 4.69) is 0 Å². The molecule has 1 aromatic carbocycles. The largest absolute Gasteiger partial charge is 0.507 e. The topological polar surface area (TPSA) is 55.5 Å². The van der Waals surface area contributed by atoms with Gasteiger partial charge in [0.1, 0.15) is 11.5 Å². The Morgan fingerprint density at radius 3 is 2.71 bits per heavy atom. The van der Waals surface area contributed by atoms with Gasteiger partial charge in [0.05, 0.1) is 7.11 Å². The van der Waals surface area contributed by atoms with E-state index in [1.165, 1.54) is 0 Å². The number of hydrogen-bond acceptors (Lipinski definition) is 3. The SMILES string of the molecule is COc1ccc(CCCN)c(O)c1C. The van der Waals surface area contributed by atoms with Crippen molar-refractivity contribution in [3.05, 3.63) is 23.3 Å². The van der Waals surface area contributed by atoms with Crippen molar-refractivity contribution in [3.63, 3.8) is 0 Å². The fourth-order valence-corrected chi connectivity index (χ4v) is 1.45. The maximum absolute atomic E-state index is 9.82. The molecule has 1 aromatic rings. The van der Waals surface area contributed by atoms with Gasteiger partial charge >= 0.3 is 0 Å². The Labute approximate surface area is 84.5 Å². The van der Waals surface area contributed by atoms with Gasteiger partial charge in [0.2, 0.25) is 0 Å². The molecule has 14 heavy (non-hydrogen) atoms. The third-order valence-electron chi connectivity index (χ3n) is 2.34. The molecule has 0 aromatic heterocycles. The van der Waals surface area contributed by atoms with E-state index in [9.17, 15) is 5.11 Å². The summed E-state index contributed by atoms with van der Waals surface area (Å²) in [5.41, 5.74) is 7.15. The van der Waals surface area contributed by atoms with Crippen LogP contribution >= 0.6 is 0 Å². The van der Waals surface area contributed by atoms with E-state index < -0.39 is 0 Å². The minimum Gasteiger partial charge on any atom is -0.507 e. The molecule has 0 saturated heterocycles. The molecule has 1 rings (SSSR count). The highest BCUT2D eigenvalue weighted by Crippen LogP contribution is 2.30. The van der Waals surface area contributed by atoms with Crippen LogP contribution in [0.25, 0.3) is 0 Å². The zero-order valence-corrected chi connectivity index (χ0v) is 8.71. The molecule has 0 aliphatic heterocycles. The molecule has 0 bridgehead atoms. The predicted molar refractivity (Wildman–Crippen MR) is 56.8 cm³/mol. The van der Waals surface area contributed by atoms with Crippen LogP contribution in [0, 0.1) is 6.92 Å². The fraction of sp³-hybridized carbons (Fsp3) is 0.455. The van der Waals surface area contributed by atoms with E-state index in [4.69, 9.17) is 10.5 Å². The number of nitrogens with two attached hydrogens (primary N) is 1. The highest BCUT2D eigenvalue weighted by molar-refractivity contribution is 5.48. The zero-order chi connectivity index (χ0) is 10.6. The normalized spacial score (nSPS) is 10.2. The van der Waals surface area contributed by atoms with Gasteiger partial charge in [0.15, 0.2) is 0 Å². The van der Waals surface area contributed by atoms with Crippen LogP contribution in [0.15, 0.2) is 12.1 Å². The van der Waals surface area contributed by atoms with Crippen LogP contribution in [0.3, 0.4) is 0 Å². The summed E-state index contributed by atoms with van der Waals surface area (Å²) in [6.45, 7) is 2.49. The molecule has 3 heteroatoms. The second-order valence-corrected chi connectivity index (χ2v) is 3.29. The third kappa shape index (κ3) is 2.17. The van der Waals surface area contributed by atoms with E-state index in [-0.39, 0.29) is 0 Å². The number of phenols is 1. The van der Waals surface area contributed by atoms with E-state index in [1.54, 1.807) is 7.11 Å². The Morgan fingerprint density at radius 2 is 2.14 bits per heavy atom. The summed E-state index contributed by atoms with van der Waals surface area (Å²) in [7, 11) is 1.60. The lowest BCUT2D eigenvalue weighted by atomic mass is 10.0. The third-order valence-corrected chi connectivity index (χ3v) is 2.34. The van der Waals surface area contributed by atoms with Crippen molar-refractivity contribution in [3.8, 4) is 11.5 Å². The van der Waals surface area contributed by atoms with Crippen LogP contribution in [0.5, 0.6) is 11.5 Å². The molecule has 3 nitrogen and oxygen atoms in total. The Hall–Kier alpha value is -1.22. The Morgan fingerprint density at radius 1 is 1.43 bits per heavy atom. The van der Waals surface area contributed by atoms with Crippen LogP contribution in [0.1, 0.15) is 17.5 Å². The Balaban J connectivity index is 2.92. The Kier molecular flexibility index (Phi) is 3.77. The lowest BCUT2D eigenvalue weighted by Crippen LogP contribution is -2.01. The highest BCUT2D eigenvalue weighted by Gasteiger charge is 2.08. The smallest absolute Gasteiger partial charge is 0.125 e. The van der Waals surface area contributed by atoms with Crippen molar-refractivity contribution >= 4 is 0 Å². The highest BCUT2D eigenvalue weighted by atomic mass is 16.5. The first kappa shape index (κ1) is 10.9. The molecular formula is C11H17NO2. The molecule has 0 unspecified atom stereocenters. The average Bonchev–Trinajstić information content (AvgIpc) is 2.20. The molecule has 3 N–H and O–H groups in total. The number of benzene rings is 1. The molecule has 0 aliphatic carbocycles. The number of ether oxygens (including phenoxy) is 1. The van der Waals surface area contributed by atoms with Crippen molar-refractivity contribution in [2.45, 2.75) is 19.8 Å². The number of phenolic OH excluding ortho intramolecular Hbond substituents is 1. The summed E-state index contributed by atoms with van der Waals surface area (Å²) in [4.78, 5) is 0. The van der Waals surface area contributed by atoms with Crippen LogP contribution < -0.4 is 10.5 Å². The van der Waals surface area contributed by atoms with Crippen molar-refractivity contribution in [2.75, 3.05) is 13.7 Å². The number of methoxy groups -OCH3 is 1. The van der Waals surface area contributed by atoms with Gasteiger partial charge in [-0.05, 0) is 37.9 Å². The van der Waals surface area contributed by atoms with Gasteiger partial charge in [-0.25, -0.2) is 0 Å². The number of rotatable bonds is 4.